The largest absolute Gasteiger partial charge is 0.479 e. The van der Waals surface area contributed by atoms with Crippen LogP contribution in [0.5, 0.6) is 5.75 Å². The van der Waals surface area contributed by atoms with Crippen LogP contribution < -0.4 is 4.74 Å². The van der Waals surface area contributed by atoms with Gasteiger partial charge in [-0.1, -0.05) is 12.1 Å². The molecule has 0 aliphatic carbocycles. The highest BCUT2D eigenvalue weighted by Crippen LogP contribution is 2.22. The minimum atomic E-state index is -2.27. The van der Waals surface area contributed by atoms with E-state index in [-0.39, 0.29) is 12.1 Å². The first-order chi connectivity index (χ1) is 12.9. The van der Waals surface area contributed by atoms with Crippen molar-refractivity contribution in [3.8, 4) is 5.75 Å². The third-order valence-electron chi connectivity index (χ3n) is 3.91. The Morgan fingerprint density at radius 1 is 1.04 bits per heavy atom. The first-order valence-corrected chi connectivity index (χ1v) is 8.43. The van der Waals surface area contributed by atoms with Crippen LogP contribution in [0.15, 0.2) is 24.3 Å². The molecule has 10 heteroatoms. The highest BCUT2D eigenvalue weighted by molar-refractivity contribution is 5.83. The Morgan fingerprint density at radius 3 is 1.93 bits per heavy atom. The first-order valence-electron chi connectivity index (χ1n) is 8.43. The molecular weight excluding hydrogens is 372 g/mol. The van der Waals surface area contributed by atoms with Crippen LogP contribution in [0.1, 0.15) is 25.5 Å². The fourth-order valence-electron chi connectivity index (χ4n) is 1.71. The summed E-state index contributed by atoms with van der Waals surface area (Å²) in [7, 11) is 5.76. The van der Waals surface area contributed by atoms with E-state index in [1.54, 1.807) is 13.1 Å². The van der Waals surface area contributed by atoms with Gasteiger partial charge in [0, 0.05) is 19.6 Å². The van der Waals surface area contributed by atoms with E-state index in [0.717, 1.165) is 5.56 Å². The molecule has 0 bridgehead atoms. The Morgan fingerprint density at radius 2 is 1.54 bits per heavy atom. The van der Waals surface area contributed by atoms with Crippen molar-refractivity contribution in [2.24, 2.45) is 0 Å². The molecule has 10 nitrogen and oxygen atoms in total. The number of carboxylic acid groups (broad SMARTS) is 2. The maximum absolute atomic E-state index is 11.7. The zero-order valence-electron chi connectivity index (χ0n) is 16.6. The normalized spacial score (nSPS) is 13.6. The quantitative estimate of drug-likeness (QED) is 0.517. The molecule has 0 radical (unpaired) electrons. The zero-order valence-corrected chi connectivity index (χ0v) is 16.6. The van der Waals surface area contributed by atoms with Crippen molar-refractivity contribution in [3.05, 3.63) is 29.8 Å². The van der Waals surface area contributed by atoms with Crippen LogP contribution in [0.25, 0.3) is 0 Å². The van der Waals surface area contributed by atoms with Gasteiger partial charge in [0.2, 0.25) is 0 Å². The minimum absolute atomic E-state index is 0.285. The number of amides is 1. The van der Waals surface area contributed by atoms with Crippen molar-refractivity contribution < 1.29 is 39.5 Å². The summed E-state index contributed by atoms with van der Waals surface area (Å²) in [6.45, 7) is 4.65. The van der Waals surface area contributed by atoms with Crippen LogP contribution in [0, 0.1) is 0 Å². The lowest BCUT2D eigenvalue weighted by Crippen LogP contribution is -2.39. The van der Waals surface area contributed by atoms with Gasteiger partial charge < -0.3 is 35.0 Å². The van der Waals surface area contributed by atoms with Gasteiger partial charge in [-0.25, -0.2) is 14.4 Å². The number of nitrogens with zero attached hydrogens (tertiary/aromatic N) is 2. The molecule has 1 rings (SSSR count). The summed E-state index contributed by atoms with van der Waals surface area (Å²) >= 11 is 0. The Bertz CT molecular complexity index is 647. The maximum Gasteiger partial charge on any atom is 0.414 e. The zero-order chi connectivity index (χ0) is 22.0. The number of aliphatic hydroxyl groups excluding tert-OH is 2. The highest BCUT2D eigenvalue weighted by atomic mass is 16.6. The van der Waals surface area contributed by atoms with E-state index in [1.807, 2.05) is 39.2 Å². The number of carboxylic acids is 2. The monoisotopic (exact) mass is 400 g/mol. The summed E-state index contributed by atoms with van der Waals surface area (Å²) in [5.41, 5.74) is 1.13. The van der Waals surface area contributed by atoms with E-state index in [4.69, 9.17) is 25.2 Å². The van der Waals surface area contributed by atoms with Crippen molar-refractivity contribution >= 4 is 18.0 Å². The number of aliphatic hydroxyl groups is 2. The third-order valence-corrected chi connectivity index (χ3v) is 3.91. The first kappa shape index (κ1) is 25.3. The molecule has 0 aromatic heterocycles. The van der Waals surface area contributed by atoms with E-state index in [9.17, 15) is 14.4 Å². The van der Waals surface area contributed by atoms with Gasteiger partial charge in [0.15, 0.2) is 12.2 Å². The molecule has 0 saturated heterocycles. The molecule has 0 heterocycles. The lowest BCUT2D eigenvalue weighted by atomic mass is 10.1. The summed E-state index contributed by atoms with van der Waals surface area (Å²) in [5, 5.41) is 32.5. The average molecular weight is 400 g/mol. The number of carbonyl (C=O) groups is 3. The number of carbonyl (C=O) groups excluding carboxylic acids is 1. The molecule has 3 atom stereocenters. The number of ether oxygens (including phenoxy) is 1. The van der Waals surface area contributed by atoms with Crippen LogP contribution in [-0.4, -0.2) is 88.2 Å². The van der Waals surface area contributed by atoms with Crippen molar-refractivity contribution in [1.29, 1.82) is 0 Å². The lowest BCUT2D eigenvalue weighted by molar-refractivity contribution is -0.165. The van der Waals surface area contributed by atoms with Gasteiger partial charge in [0.1, 0.15) is 5.75 Å². The van der Waals surface area contributed by atoms with Crippen LogP contribution >= 0.6 is 0 Å². The van der Waals surface area contributed by atoms with Gasteiger partial charge in [0.25, 0.3) is 0 Å². The fraction of sp³-hybridized carbons (Fsp3) is 0.500. The van der Waals surface area contributed by atoms with Gasteiger partial charge in [-0.15, -0.1) is 0 Å². The van der Waals surface area contributed by atoms with E-state index in [0.29, 0.717) is 12.3 Å². The SMILES string of the molecule is CCN(C)C(=O)Oc1cccc([C@@H](C)N(C)C)c1.O=C(O)[C@H](O)[C@@H](O)C(=O)O. The highest BCUT2D eigenvalue weighted by Gasteiger charge is 2.29. The summed E-state index contributed by atoms with van der Waals surface area (Å²) in [4.78, 5) is 34.8. The smallest absolute Gasteiger partial charge is 0.414 e. The number of rotatable bonds is 7. The summed E-state index contributed by atoms with van der Waals surface area (Å²) in [6.07, 6.45) is -4.86. The van der Waals surface area contributed by atoms with Crippen molar-refractivity contribution in [3.63, 3.8) is 0 Å². The molecule has 1 aromatic carbocycles. The Balaban J connectivity index is 0.000000621. The summed E-state index contributed by atoms with van der Waals surface area (Å²) in [6, 6.07) is 7.93. The number of hydrogen-bond donors (Lipinski definition) is 4. The maximum atomic E-state index is 11.7. The molecule has 0 aliphatic rings. The second-order valence-corrected chi connectivity index (χ2v) is 6.16. The molecule has 0 saturated carbocycles. The Hall–Kier alpha value is -2.69. The fourth-order valence-corrected chi connectivity index (χ4v) is 1.71. The molecule has 0 aliphatic heterocycles. The predicted octanol–water partition coefficient (Wildman–Crippen LogP) is 0.637. The summed E-state index contributed by atoms with van der Waals surface area (Å²) < 4.78 is 5.31. The lowest BCUT2D eigenvalue weighted by Gasteiger charge is -2.21. The average Bonchev–Trinajstić information content (AvgIpc) is 2.65. The van der Waals surface area contributed by atoms with Gasteiger partial charge in [-0.3, -0.25) is 0 Å². The molecule has 28 heavy (non-hydrogen) atoms. The van der Waals surface area contributed by atoms with Gasteiger partial charge in [0.05, 0.1) is 0 Å². The molecule has 1 aromatic rings. The topological polar surface area (TPSA) is 148 Å². The number of aliphatic carboxylic acids is 2. The molecule has 4 N–H and O–H groups in total. The van der Waals surface area contributed by atoms with Crippen molar-refractivity contribution in [2.75, 3.05) is 27.7 Å². The Kier molecular flexibility index (Phi) is 10.8. The number of benzene rings is 1. The predicted molar refractivity (Wildman–Crippen MR) is 100 cm³/mol. The molecular formula is C18H28N2O8. The molecule has 0 fully saturated rings. The van der Waals surface area contributed by atoms with Gasteiger partial charge in [-0.05, 0) is 45.6 Å². The van der Waals surface area contributed by atoms with Crippen molar-refractivity contribution in [2.45, 2.75) is 32.1 Å². The van der Waals surface area contributed by atoms with Gasteiger partial charge in [-0.2, -0.15) is 0 Å². The van der Waals surface area contributed by atoms with Crippen LogP contribution in [0.3, 0.4) is 0 Å². The van der Waals surface area contributed by atoms with Crippen molar-refractivity contribution in [1.82, 2.24) is 9.80 Å². The second-order valence-electron chi connectivity index (χ2n) is 6.16. The van der Waals surface area contributed by atoms with Crippen LogP contribution in [0.2, 0.25) is 0 Å². The molecule has 0 spiro atoms. The van der Waals surface area contributed by atoms with Crippen LogP contribution in [0.4, 0.5) is 4.79 Å². The number of hydrogen-bond acceptors (Lipinski definition) is 7. The van der Waals surface area contributed by atoms with E-state index < -0.39 is 24.1 Å². The standard InChI is InChI=1S/C14H22N2O2.C4H6O6/c1-6-16(5)14(17)18-13-9-7-8-12(10-13)11(2)15(3)4;5-1(3(7)8)2(6)4(9)10/h7-11H,6H2,1-5H3;1-2,5-6H,(H,7,8)(H,9,10)/t11-;1-,2-/m11/s1. The molecule has 1 amide bonds. The van der Waals surface area contributed by atoms with Gasteiger partial charge >= 0.3 is 18.0 Å². The van der Waals surface area contributed by atoms with E-state index >= 15 is 0 Å². The van der Waals surface area contributed by atoms with E-state index in [1.165, 1.54) is 4.90 Å². The third kappa shape index (κ3) is 8.33. The molecule has 0 unspecified atom stereocenters. The second kappa shape index (κ2) is 11.9. The summed E-state index contributed by atoms with van der Waals surface area (Å²) in [5.74, 6) is -2.95. The van der Waals surface area contributed by atoms with Crippen LogP contribution in [-0.2, 0) is 9.59 Å². The molecule has 158 valence electrons. The minimum Gasteiger partial charge on any atom is -0.479 e. The Labute approximate surface area is 163 Å². The van der Waals surface area contributed by atoms with E-state index in [2.05, 4.69) is 11.8 Å².